The largest absolute Gasteiger partial charge is 0.460 e. The van der Waals surface area contributed by atoms with Crippen LogP contribution in [0.4, 0.5) is 0 Å². The van der Waals surface area contributed by atoms with Crippen molar-refractivity contribution >= 4 is 11.9 Å². The molecule has 1 aliphatic rings. The van der Waals surface area contributed by atoms with Crippen LogP contribution in [0.1, 0.15) is 17.3 Å². The lowest BCUT2D eigenvalue weighted by Crippen LogP contribution is -2.34. The summed E-state index contributed by atoms with van der Waals surface area (Å²) in [6.45, 7) is 6.00. The summed E-state index contributed by atoms with van der Waals surface area (Å²) < 4.78 is 21.7. The summed E-state index contributed by atoms with van der Waals surface area (Å²) >= 11 is 0. The zero-order chi connectivity index (χ0) is 17.4. The predicted molar refractivity (Wildman–Crippen MR) is 86.5 cm³/mol. The van der Waals surface area contributed by atoms with Crippen molar-refractivity contribution in [2.45, 2.75) is 19.1 Å². The molecule has 0 spiro atoms. The van der Waals surface area contributed by atoms with E-state index in [0.717, 1.165) is 0 Å². The van der Waals surface area contributed by atoms with E-state index >= 15 is 0 Å². The molecule has 1 aliphatic heterocycles. The SMILES string of the molecule is C=CCOC[C@H]1[C@@H](OC(C)=O)CO[C@@H]1COC(=O)c1ccccc1. The summed E-state index contributed by atoms with van der Waals surface area (Å²) in [5, 5.41) is 0. The van der Waals surface area contributed by atoms with Gasteiger partial charge in [0.15, 0.2) is 0 Å². The van der Waals surface area contributed by atoms with Crippen molar-refractivity contribution in [2.24, 2.45) is 5.92 Å². The lowest BCUT2D eigenvalue weighted by molar-refractivity contribution is -0.148. The molecule has 2 rings (SSSR count). The van der Waals surface area contributed by atoms with E-state index in [1.165, 1.54) is 6.92 Å². The molecule has 0 aliphatic carbocycles. The van der Waals surface area contributed by atoms with Gasteiger partial charge in [0.05, 0.1) is 31.3 Å². The van der Waals surface area contributed by atoms with E-state index < -0.39 is 12.1 Å². The Labute approximate surface area is 141 Å². The Morgan fingerprint density at radius 3 is 2.71 bits per heavy atom. The van der Waals surface area contributed by atoms with Crippen molar-refractivity contribution in [1.82, 2.24) is 0 Å². The van der Waals surface area contributed by atoms with Crippen LogP contribution in [0.2, 0.25) is 0 Å². The highest BCUT2D eigenvalue weighted by Gasteiger charge is 2.40. The van der Waals surface area contributed by atoms with Gasteiger partial charge < -0.3 is 18.9 Å². The van der Waals surface area contributed by atoms with Gasteiger partial charge in [-0.3, -0.25) is 4.79 Å². The molecule has 130 valence electrons. The minimum absolute atomic E-state index is 0.0770. The molecule has 0 N–H and O–H groups in total. The maximum atomic E-state index is 12.0. The lowest BCUT2D eigenvalue weighted by Gasteiger charge is -2.22. The molecule has 0 radical (unpaired) electrons. The van der Waals surface area contributed by atoms with Gasteiger partial charge in [0.25, 0.3) is 0 Å². The number of esters is 2. The van der Waals surface area contributed by atoms with Crippen LogP contribution < -0.4 is 0 Å². The third kappa shape index (κ3) is 5.18. The second-order valence-corrected chi connectivity index (χ2v) is 5.47. The Morgan fingerprint density at radius 1 is 1.29 bits per heavy atom. The smallest absolute Gasteiger partial charge is 0.338 e. The van der Waals surface area contributed by atoms with Crippen LogP contribution >= 0.6 is 0 Å². The number of carbonyl (C=O) groups excluding carboxylic acids is 2. The Hall–Kier alpha value is -2.18. The van der Waals surface area contributed by atoms with Gasteiger partial charge in [-0.15, -0.1) is 6.58 Å². The molecule has 0 amide bonds. The van der Waals surface area contributed by atoms with E-state index in [4.69, 9.17) is 18.9 Å². The lowest BCUT2D eigenvalue weighted by atomic mass is 10.0. The number of hydrogen-bond acceptors (Lipinski definition) is 6. The fourth-order valence-electron chi connectivity index (χ4n) is 2.53. The molecule has 1 aromatic rings. The third-order valence-corrected chi connectivity index (χ3v) is 3.68. The zero-order valence-electron chi connectivity index (χ0n) is 13.7. The first-order chi connectivity index (χ1) is 11.6. The Bertz CT molecular complexity index is 556. The van der Waals surface area contributed by atoms with E-state index in [-0.39, 0.29) is 31.2 Å². The third-order valence-electron chi connectivity index (χ3n) is 3.68. The van der Waals surface area contributed by atoms with Gasteiger partial charge >= 0.3 is 11.9 Å². The summed E-state index contributed by atoms with van der Waals surface area (Å²) in [6.07, 6.45) is 0.848. The van der Waals surface area contributed by atoms with Crippen LogP contribution in [0.25, 0.3) is 0 Å². The van der Waals surface area contributed by atoms with E-state index in [0.29, 0.717) is 18.8 Å². The van der Waals surface area contributed by atoms with E-state index in [2.05, 4.69) is 6.58 Å². The van der Waals surface area contributed by atoms with Gasteiger partial charge in [0.1, 0.15) is 18.8 Å². The molecule has 0 aromatic heterocycles. The number of rotatable bonds is 8. The van der Waals surface area contributed by atoms with Crippen LogP contribution in [0.15, 0.2) is 43.0 Å². The van der Waals surface area contributed by atoms with Gasteiger partial charge in [-0.05, 0) is 12.1 Å². The van der Waals surface area contributed by atoms with Crippen molar-refractivity contribution in [1.29, 1.82) is 0 Å². The summed E-state index contributed by atoms with van der Waals surface area (Å²) in [5.74, 6) is -0.988. The molecule has 6 nitrogen and oxygen atoms in total. The second kappa shape index (κ2) is 9.20. The monoisotopic (exact) mass is 334 g/mol. The fraction of sp³-hybridized carbons (Fsp3) is 0.444. The quantitative estimate of drug-likeness (QED) is 0.411. The van der Waals surface area contributed by atoms with Crippen LogP contribution in [0.3, 0.4) is 0 Å². The molecule has 3 atom stereocenters. The molecule has 1 saturated heterocycles. The van der Waals surface area contributed by atoms with E-state index in [1.807, 2.05) is 6.07 Å². The highest BCUT2D eigenvalue weighted by Crippen LogP contribution is 2.25. The Balaban J connectivity index is 1.92. The van der Waals surface area contributed by atoms with E-state index in [1.54, 1.807) is 30.3 Å². The molecule has 6 heteroatoms. The molecule has 0 saturated carbocycles. The maximum absolute atomic E-state index is 12.0. The molecular weight excluding hydrogens is 312 g/mol. The van der Waals surface area contributed by atoms with Gasteiger partial charge in [0, 0.05) is 6.92 Å². The Kier molecular flexibility index (Phi) is 6.96. The number of carbonyl (C=O) groups is 2. The van der Waals surface area contributed by atoms with Crippen molar-refractivity contribution < 1.29 is 28.5 Å². The normalized spacial score (nSPS) is 22.8. The summed E-state index contributed by atoms with van der Waals surface area (Å²) in [4.78, 5) is 23.2. The molecule has 1 fully saturated rings. The average molecular weight is 334 g/mol. The molecule has 0 bridgehead atoms. The fourth-order valence-corrected chi connectivity index (χ4v) is 2.53. The molecule has 24 heavy (non-hydrogen) atoms. The first kappa shape index (κ1) is 18.2. The van der Waals surface area contributed by atoms with Crippen LogP contribution in [0, 0.1) is 5.92 Å². The number of ether oxygens (including phenoxy) is 4. The molecule has 1 aromatic carbocycles. The average Bonchev–Trinajstić information content (AvgIpc) is 2.95. The Morgan fingerprint density at radius 2 is 2.04 bits per heavy atom. The van der Waals surface area contributed by atoms with Crippen molar-refractivity contribution in [2.75, 3.05) is 26.4 Å². The molecule has 1 heterocycles. The molecule has 0 unspecified atom stereocenters. The van der Waals surface area contributed by atoms with Crippen molar-refractivity contribution in [3.8, 4) is 0 Å². The van der Waals surface area contributed by atoms with Crippen LogP contribution in [-0.2, 0) is 23.7 Å². The van der Waals surface area contributed by atoms with E-state index in [9.17, 15) is 9.59 Å². The second-order valence-electron chi connectivity index (χ2n) is 5.47. The topological polar surface area (TPSA) is 71.1 Å². The van der Waals surface area contributed by atoms with Crippen molar-refractivity contribution in [3.63, 3.8) is 0 Å². The minimum atomic E-state index is -0.416. The molecular formula is C18H22O6. The summed E-state index contributed by atoms with van der Waals surface area (Å²) in [5.41, 5.74) is 0.478. The number of hydrogen-bond donors (Lipinski definition) is 0. The van der Waals surface area contributed by atoms with Gasteiger partial charge in [0.2, 0.25) is 0 Å². The zero-order valence-corrected chi connectivity index (χ0v) is 13.7. The highest BCUT2D eigenvalue weighted by molar-refractivity contribution is 5.89. The first-order valence-electron chi connectivity index (χ1n) is 7.81. The maximum Gasteiger partial charge on any atom is 0.338 e. The minimum Gasteiger partial charge on any atom is -0.460 e. The van der Waals surface area contributed by atoms with Gasteiger partial charge in [-0.2, -0.15) is 0 Å². The summed E-state index contributed by atoms with van der Waals surface area (Å²) in [7, 11) is 0. The summed E-state index contributed by atoms with van der Waals surface area (Å²) in [6, 6.07) is 8.73. The van der Waals surface area contributed by atoms with Crippen LogP contribution in [-0.4, -0.2) is 50.6 Å². The van der Waals surface area contributed by atoms with Crippen LogP contribution in [0.5, 0.6) is 0 Å². The van der Waals surface area contributed by atoms with Crippen molar-refractivity contribution in [3.05, 3.63) is 48.6 Å². The number of benzene rings is 1. The predicted octanol–water partition coefficient (Wildman–Crippen LogP) is 1.99. The van der Waals surface area contributed by atoms with Gasteiger partial charge in [-0.25, -0.2) is 4.79 Å². The standard InChI is InChI=1S/C18H22O6/c1-3-9-21-10-15-16(22-12-17(15)24-13(2)19)11-23-18(20)14-7-5-4-6-8-14/h3-8,15-17H,1,9-12H2,2H3/t15-,16-,17+/m1/s1. The first-order valence-corrected chi connectivity index (χ1v) is 7.81. The van der Waals surface area contributed by atoms with Gasteiger partial charge in [-0.1, -0.05) is 24.3 Å². The highest BCUT2D eigenvalue weighted by atomic mass is 16.6.